The number of hydrogen-bond acceptors (Lipinski definition) is 12. The first kappa shape index (κ1) is 40.4. The molecule has 2 saturated heterocycles. The van der Waals surface area contributed by atoms with Gasteiger partial charge >= 0.3 is 12.2 Å². The van der Waals surface area contributed by atoms with Crippen molar-refractivity contribution in [2.45, 2.75) is 99.5 Å². The van der Waals surface area contributed by atoms with E-state index in [2.05, 4.69) is 9.71 Å². The summed E-state index contributed by atoms with van der Waals surface area (Å²) in [4.78, 5) is 31.9. The molecule has 292 valence electrons. The molecule has 0 bridgehead atoms. The summed E-state index contributed by atoms with van der Waals surface area (Å²) in [5.74, 6) is 0.224. The number of piperidine rings is 1. The smallest absolute Gasteiger partial charge is 0.419 e. The van der Waals surface area contributed by atoms with Crippen molar-refractivity contribution in [3.63, 3.8) is 0 Å². The predicted octanol–water partition coefficient (Wildman–Crippen LogP) is 3.72. The van der Waals surface area contributed by atoms with Gasteiger partial charge in [-0.2, -0.15) is 4.31 Å². The molecule has 0 aliphatic carbocycles. The molecular formula is C35H49N5O11S2. The van der Waals surface area contributed by atoms with Gasteiger partial charge in [0.25, 0.3) is 0 Å². The molecular weight excluding hydrogens is 731 g/mol. The van der Waals surface area contributed by atoms with Gasteiger partial charge in [0, 0.05) is 31.5 Å². The zero-order chi connectivity index (χ0) is 39.0. The van der Waals surface area contributed by atoms with Gasteiger partial charge in [0.15, 0.2) is 0 Å². The molecule has 2 aromatic heterocycles. The van der Waals surface area contributed by atoms with Crippen LogP contribution in [0, 0.1) is 0 Å². The van der Waals surface area contributed by atoms with E-state index in [0.717, 1.165) is 0 Å². The van der Waals surface area contributed by atoms with Gasteiger partial charge < -0.3 is 29.0 Å². The minimum Gasteiger partial charge on any atom is -0.491 e. The highest BCUT2D eigenvalue weighted by atomic mass is 32.2. The first-order valence-corrected chi connectivity index (χ1v) is 20.2. The summed E-state index contributed by atoms with van der Waals surface area (Å²) in [7, 11) is -6.40. The number of pyridine rings is 1. The van der Waals surface area contributed by atoms with Crippen molar-refractivity contribution in [2.75, 3.05) is 39.9 Å². The zero-order valence-corrected chi connectivity index (χ0v) is 32.7. The number of aliphatic hydroxyl groups excluding tert-OH is 1. The van der Waals surface area contributed by atoms with Gasteiger partial charge in [0.2, 0.25) is 20.0 Å². The number of hydrogen-bond donors (Lipinski definition) is 2. The predicted molar refractivity (Wildman–Crippen MR) is 194 cm³/mol. The summed E-state index contributed by atoms with van der Waals surface area (Å²) in [5.41, 5.74) is -1.54. The van der Waals surface area contributed by atoms with E-state index in [0.29, 0.717) is 30.3 Å². The van der Waals surface area contributed by atoms with Crippen molar-refractivity contribution < 1.29 is 50.5 Å². The minimum atomic E-state index is -4.00. The van der Waals surface area contributed by atoms with Crippen molar-refractivity contribution in [1.82, 2.24) is 23.5 Å². The Morgan fingerprint density at radius 1 is 1.04 bits per heavy atom. The summed E-state index contributed by atoms with van der Waals surface area (Å²) in [5, 5.41) is 11.0. The van der Waals surface area contributed by atoms with Crippen molar-refractivity contribution in [3.8, 4) is 5.75 Å². The maximum absolute atomic E-state index is 13.8. The van der Waals surface area contributed by atoms with Crippen LogP contribution in [-0.4, -0.2) is 122 Å². The lowest BCUT2D eigenvalue weighted by molar-refractivity contribution is -0.0329. The summed E-state index contributed by atoms with van der Waals surface area (Å²) in [6.07, 6.45) is 1.39. The van der Waals surface area contributed by atoms with E-state index >= 15 is 0 Å². The van der Waals surface area contributed by atoms with Crippen LogP contribution in [-0.2, 0) is 34.3 Å². The van der Waals surface area contributed by atoms with E-state index in [1.165, 1.54) is 57.5 Å². The average molecular weight is 780 g/mol. The monoisotopic (exact) mass is 779 g/mol. The number of rotatable bonds is 10. The van der Waals surface area contributed by atoms with Gasteiger partial charge in [-0.25, -0.2) is 31.1 Å². The molecule has 2 aliphatic heterocycles. The SMILES string of the molecule is CNS(=O)(=O)c1cccc(OCC(O)CN(C(=O)OC(C)(C)C)C2COC3(CCN(S(=O)(=O)c4cnc5ccn(C(=O)OC(C)(C)C)c5c4)CC3)C2)c1. The molecule has 1 spiro atoms. The Bertz CT molecular complexity index is 2030. The standard InChI is InChI=1S/C35H49N5O11S2/c1-33(2,3)50-31(42)39-14-11-29-30(39)18-28(20-37-29)53(46,47)38-15-12-35(13-16-38)19-24(22-49-35)40(32(43)51-34(4,5)6)21-25(41)23-48-26-9-8-10-27(17-26)52(44,45)36-7/h8-11,14,17-18,20,24-25,36,41H,12-13,15-16,19,21-23H2,1-7H3. The molecule has 0 radical (unpaired) electrons. The second kappa shape index (κ2) is 15.1. The molecule has 1 amide bonds. The number of sulfonamides is 2. The number of aromatic nitrogens is 2. The van der Waals surface area contributed by atoms with Crippen LogP contribution in [0.3, 0.4) is 0 Å². The maximum Gasteiger partial charge on any atom is 0.419 e. The zero-order valence-electron chi connectivity index (χ0n) is 31.1. The summed E-state index contributed by atoms with van der Waals surface area (Å²) in [6, 6.07) is 8.37. The number of nitrogens with one attached hydrogen (secondary N) is 1. The van der Waals surface area contributed by atoms with Crippen LogP contribution < -0.4 is 9.46 Å². The highest BCUT2D eigenvalue weighted by Gasteiger charge is 2.48. The van der Waals surface area contributed by atoms with Crippen LogP contribution in [0.1, 0.15) is 60.8 Å². The van der Waals surface area contributed by atoms with Crippen molar-refractivity contribution >= 4 is 43.3 Å². The van der Waals surface area contributed by atoms with E-state index in [-0.39, 0.29) is 48.4 Å². The number of fused-ring (bicyclic) bond motifs is 1. The third-order valence-electron chi connectivity index (χ3n) is 8.87. The molecule has 53 heavy (non-hydrogen) atoms. The van der Waals surface area contributed by atoms with Crippen LogP contribution in [0.5, 0.6) is 5.75 Å². The molecule has 3 aromatic rings. The van der Waals surface area contributed by atoms with Crippen LogP contribution in [0.15, 0.2) is 58.6 Å². The van der Waals surface area contributed by atoms with Gasteiger partial charge in [0.1, 0.15) is 34.6 Å². The second-order valence-electron chi connectivity index (χ2n) is 15.3. The average Bonchev–Trinajstić information content (AvgIpc) is 3.69. The molecule has 2 unspecified atom stereocenters. The Balaban J connectivity index is 1.25. The first-order chi connectivity index (χ1) is 24.6. The largest absolute Gasteiger partial charge is 0.491 e. The fourth-order valence-corrected chi connectivity index (χ4v) is 8.44. The Hall–Kier alpha value is -3.81. The van der Waals surface area contributed by atoms with Gasteiger partial charge in [0.05, 0.1) is 40.7 Å². The van der Waals surface area contributed by atoms with E-state index < -0.39 is 61.2 Å². The van der Waals surface area contributed by atoms with Crippen LogP contribution >= 0.6 is 0 Å². The lowest BCUT2D eigenvalue weighted by Gasteiger charge is -2.38. The fraction of sp³-hybridized carbons (Fsp3) is 0.571. The van der Waals surface area contributed by atoms with E-state index in [1.54, 1.807) is 53.7 Å². The van der Waals surface area contributed by atoms with Gasteiger partial charge in [-0.3, -0.25) is 9.55 Å². The van der Waals surface area contributed by atoms with Crippen molar-refractivity contribution in [3.05, 3.63) is 48.8 Å². The maximum atomic E-state index is 13.8. The lowest BCUT2D eigenvalue weighted by Crippen LogP contribution is -2.50. The number of ether oxygens (including phenoxy) is 4. The van der Waals surface area contributed by atoms with Gasteiger partial charge in [-0.05, 0) is 92.1 Å². The molecule has 5 rings (SSSR count). The van der Waals surface area contributed by atoms with Gasteiger partial charge in [-0.15, -0.1) is 0 Å². The molecule has 2 atom stereocenters. The number of carbonyl (C=O) groups is 2. The molecule has 1 aromatic carbocycles. The number of amides is 1. The summed E-state index contributed by atoms with van der Waals surface area (Å²) < 4.78 is 80.0. The molecule has 16 nitrogen and oxygen atoms in total. The Labute approximate surface area is 310 Å². The molecule has 2 fully saturated rings. The van der Waals surface area contributed by atoms with E-state index in [9.17, 15) is 31.5 Å². The van der Waals surface area contributed by atoms with Crippen LogP contribution in [0.4, 0.5) is 9.59 Å². The highest BCUT2D eigenvalue weighted by molar-refractivity contribution is 7.89. The number of aliphatic hydroxyl groups is 1. The Morgan fingerprint density at radius 3 is 2.36 bits per heavy atom. The first-order valence-electron chi connectivity index (χ1n) is 17.3. The molecule has 0 saturated carbocycles. The third kappa shape index (κ3) is 9.66. The molecule has 2 N–H and O–H groups in total. The second-order valence-corrected chi connectivity index (χ2v) is 19.1. The normalized spacial score (nSPS) is 18.9. The fourth-order valence-electron chi connectivity index (χ4n) is 6.27. The van der Waals surface area contributed by atoms with Crippen molar-refractivity contribution in [2.24, 2.45) is 0 Å². The molecule has 4 heterocycles. The van der Waals surface area contributed by atoms with Crippen LogP contribution in [0.2, 0.25) is 0 Å². The summed E-state index contributed by atoms with van der Waals surface area (Å²) >= 11 is 0. The van der Waals surface area contributed by atoms with E-state index in [4.69, 9.17) is 18.9 Å². The number of carbonyl (C=O) groups excluding carboxylic acids is 2. The van der Waals surface area contributed by atoms with Gasteiger partial charge in [-0.1, -0.05) is 6.07 Å². The molecule has 2 aliphatic rings. The van der Waals surface area contributed by atoms with E-state index in [1.807, 2.05) is 0 Å². The van der Waals surface area contributed by atoms with Crippen molar-refractivity contribution in [1.29, 1.82) is 0 Å². The highest BCUT2D eigenvalue weighted by Crippen LogP contribution is 2.39. The Kier molecular flexibility index (Phi) is 11.5. The quantitative estimate of drug-likeness (QED) is 0.303. The number of nitrogens with zero attached hydrogens (tertiary/aromatic N) is 4. The lowest BCUT2D eigenvalue weighted by atomic mass is 9.88. The van der Waals surface area contributed by atoms with Crippen LogP contribution in [0.25, 0.3) is 11.0 Å². The topological polar surface area (TPSA) is 196 Å². The molecule has 18 heteroatoms. The minimum absolute atomic E-state index is 0.000652. The summed E-state index contributed by atoms with van der Waals surface area (Å²) in [6.45, 7) is 10.5. The third-order valence-corrected chi connectivity index (χ3v) is 12.1. The number of benzene rings is 1. The Morgan fingerprint density at radius 2 is 1.72 bits per heavy atom.